The molecule has 4 aromatic rings. The first-order valence-corrected chi connectivity index (χ1v) is 45.3. The summed E-state index contributed by atoms with van der Waals surface area (Å²) in [6.07, 6.45) is 2.79. The first-order chi connectivity index (χ1) is 62.1. The number of nitrogens with zero attached hydrogens (tertiary/aromatic N) is 11. The Kier molecular flexibility index (Phi) is 56.1. The van der Waals surface area contributed by atoms with Crippen molar-refractivity contribution in [2.75, 3.05) is 190 Å². The Hall–Kier alpha value is -9.52. The molecule has 46 heteroatoms. The van der Waals surface area contributed by atoms with Crippen LogP contribution in [0.5, 0.6) is 0 Å². The van der Waals surface area contributed by atoms with Crippen LogP contribution in [0.1, 0.15) is 99.3 Å². The van der Waals surface area contributed by atoms with Gasteiger partial charge in [-0.25, -0.2) is 0 Å². The van der Waals surface area contributed by atoms with Crippen LogP contribution in [0.3, 0.4) is 0 Å². The first kappa shape index (κ1) is 116. The van der Waals surface area contributed by atoms with Crippen molar-refractivity contribution in [3.63, 3.8) is 0 Å². The summed E-state index contributed by atoms with van der Waals surface area (Å²) in [5.41, 5.74) is 36.6. The van der Waals surface area contributed by atoms with Crippen LogP contribution in [0, 0.1) is 0 Å². The molecule has 0 heterocycles. The van der Waals surface area contributed by atoms with E-state index in [-0.39, 0.29) is 104 Å². The molecule has 17 N–H and O–H groups in total. The first-order valence-electron chi connectivity index (χ1n) is 42.3. The van der Waals surface area contributed by atoms with Crippen LogP contribution in [0.2, 0.25) is 40.2 Å². The molecule has 0 fully saturated rings. The average Bonchev–Trinajstić information content (AvgIpc) is 0.834. The molecule has 0 atom stereocenters. The van der Waals surface area contributed by atoms with Gasteiger partial charge in [0.15, 0.2) is 0 Å². The Balaban J connectivity index is 0.000000972. The largest absolute Gasteiger partial charge is 0.481 e. The normalized spacial score (nSPS) is 10.9. The van der Waals surface area contributed by atoms with E-state index in [4.69, 9.17) is 148 Å². The number of rotatable bonds is 64. The van der Waals surface area contributed by atoms with Crippen LogP contribution < -0.4 is 39.7 Å². The number of nitrogens with two attached hydrogens (primary N) is 6. The van der Waals surface area contributed by atoms with Crippen molar-refractivity contribution in [1.29, 1.82) is 0 Å². The second-order valence-electron chi connectivity index (χ2n) is 30.5. The van der Waals surface area contributed by atoms with Gasteiger partial charge < -0.3 is 109 Å². The van der Waals surface area contributed by atoms with Gasteiger partial charge in [-0.15, -0.1) is 0 Å². The molecule has 131 heavy (non-hydrogen) atoms. The maximum Gasteiger partial charge on any atom is 0.305 e. The van der Waals surface area contributed by atoms with Gasteiger partial charge in [-0.3, -0.25) is 81.6 Å². The lowest BCUT2D eigenvalue weighted by Gasteiger charge is -2.33. The van der Waals surface area contributed by atoms with E-state index in [9.17, 15) is 62.3 Å². The number of carbonyl (C=O) groups is 16. The second-order valence-corrected chi connectivity index (χ2v) is 33.9. The maximum atomic E-state index is 15.2. The highest BCUT2D eigenvalue weighted by Gasteiger charge is 2.33. The van der Waals surface area contributed by atoms with E-state index in [1.165, 1.54) is 46.2 Å². The molecule has 0 saturated heterocycles. The molecule has 12 amide bonds. The third kappa shape index (κ3) is 47.6. The summed E-state index contributed by atoms with van der Waals surface area (Å²) in [4.78, 5) is 221. The third-order valence-corrected chi connectivity index (χ3v) is 22.5. The highest BCUT2D eigenvalue weighted by Crippen LogP contribution is 2.26. The number of carboxylic acid groups (broad SMARTS) is 4. The number of halogens is 8. The van der Waals surface area contributed by atoms with E-state index in [0.29, 0.717) is 141 Å². The summed E-state index contributed by atoms with van der Waals surface area (Å²) in [5.74, 6) is -13.2. The summed E-state index contributed by atoms with van der Waals surface area (Å²) in [6, 6.07) is 19.9. The molecule has 0 aromatic heterocycles. The zero-order chi connectivity index (χ0) is 97.8. The summed E-state index contributed by atoms with van der Waals surface area (Å²) in [7, 11) is 1.44. The minimum absolute atomic E-state index is 0.00688. The van der Waals surface area contributed by atoms with Crippen molar-refractivity contribution in [3.8, 4) is 0 Å². The number of likely N-dealkylation sites (N-methyl/N-ethyl adjacent to an activating group) is 1. The average molecular weight is 2000 g/mol. The molecule has 0 aliphatic rings. The molecular weight excluding hydrogens is 1880 g/mol. The quantitative estimate of drug-likeness (QED) is 0.0280. The smallest absolute Gasteiger partial charge is 0.305 e. The number of nitrogens with one attached hydrogen (secondary N) is 1. The zero-order valence-electron chi connectivity index (χ0n) is 73.3. The fourth-order valence-corrected chi connectivity index (χ4v) is 14.8. The predicted molar refractivity (Wildman–Crippen MR) is 497 cm³/mol. The van der Waals surface area contributed by atoms with Gasteiger partial charge in [0.25, 0.3) is 0 Å². The summed E-state index contributed by atoms with van der Waals surface area (Å²) < 4.78 is 0. The van der Waals surface area contributed by atoms with E-state index in [2.05, 4.69) is 5.32 Å². The van der Waals surface area contributed by atoms with Crippen molar-refractivity contribution in [2.24, 2.45) is 34.4 Å². The molecule has 0 unspecified atom stereocenters. The highest BCUT2D eigenvalue weighted by atomic mass is 35.5. The van der Waals surface area contributed by atoms with Crippen molar-refractivity contribution in [1.82, 2.24) is 59.2 Å². The van der Waals surface area contributed by atoms with Crippen molar-refractivity contribution >= 4 is 188 Å². The number of hydrogen-bond donors (Lipinski definition) is 11. The van der Waals surface area contributed by atoms with Gasteiger partial charge in [-0.05, 0) is 188 Å². The predicted octanol–water partition coefficient (Wildman–Crippen LogP) is 3.80. The molecule has 0 aliphatic carbocycles. The van der Waals surface area contributed by atoms with Gasteiger partial charge in [0.05, 0.1) is 104 Å². The number of primary amides is 2. The van der Waals surface area contributed by atoms with Crippen molar-refractivity contribution < 1.29 is 97.1 Å². The van der Waals surface area contributed by atoms with Gasteiger partial charge >= 0.3 is 23.9 Å². The van der Waals surface area contributed by atoms with Crippen LogP contribution in [0.25, 0.3) is 0 Å². The summed E-state index contributed by atoms with van der Waals surface area (Å²) in [5, 5.41) is 41.9. The molecular formula is C85H120Cl8N18O20. The minimum Gasteiger partial charge on any atom is -0.481 e. The molecule has 0 spiro atoms. The van der Waals surface area contributed by atoms with Gasteiger partial charge in [0.2, 0.25) is 70.9 Å². The lowest BCUT2D eigenvalue weighted by molar-refractivity contribution is -0.148. The summed E-state index contributed by atoms with van der Waals surface area (Å²) >= 11 is 51.3. The Morgan fingerprint density at radius 3 is 0.733 bits per heavy atom. The minimum atomic E-state index is -1.31. The molecule has 4 aromatic carbocycles. The molecule has 38 nitrogen and oxygen atoms in total. The van der Waals surface area contributed by atoms with Crippen LogP contribution in [-0.4, -0.2) is 359 Å². The molecule has 0 bridgehead atoms. The lowest BCUT2D eigenvalue weighted by Crippen LogP contribution is -2.53. The topological polar surface area (TPSA) is 558 Å². The number of hydrogen-bond acceptors (Lipinski definition) is 22. The highest BCUT2D eigenvalue weighted by molar-refractivity contribution is 6.37. The SMILES string of the molecule is CN(CCC(=O)O)CC(=O)N(CCC(=O)O)CC(=O)N(CCC(=O)O)CC(=O)N(CCC(=O)O)CC(N)=O.NCCCCN(CC(N)=O)C(=O)CN(CCCCN)C(=O)CN(CCCCN)C(=O)CN(CCCCN)C(=O)CN(CCc1ccc(Cl)cc1Cl)C(=O)CN(CCc1ccc(Cl)cc1Cl)C(=O)CN(CCc1ccc(Cl)cc1Cl)C(=O)CNCCc1ccc(Cl)cc1Cl. The molecule has 0 aliphatic heterocycles. The molecule has 0 radical (unpaired) electrons. The van der Waals surface area contributed by atoms with Crippen molar-refractivity contribution in [2.45, 2.75) is 103 Å². The number of carbonyl (C=O) groups excluding carboxylic acids is 12. The monoisotopic (exact) mass is 1990 g/mol. The number of amides is 12. The zero-order valence-corrected chi connectivity index (χ0v) is 79.3. The number of benzene rings is 4. The van der Waals surface area contributed by atoms with E-state index < -0.39 is 193 Å². The summed E-state index contributed by atoms with van der Waals surface area (Å²) in [6.45, 7) is -5.59. The Morgan fingerprint density at radius 1 is 0.275 bits per heavy atom. The van der Waals surface area contributed by atoms with Gasteiger partial charge in [0.1, 0.15) is 0 Å². The Bertz CT molecular complexity index is 4470. The Labute approximate surface area is 801 Å². The fraction of sp³-hybridized carbons (Fsp3) is 0.529. The Morgan fingerprint density at radius 2 is 0.489 bits per heavy atom. The van der Waals surface area contributed by atoms with Crippen LogP contribution in [0.4, 0.5) is 0 Å². The number of aliphatic carboxylic acids is 4. The molecule has 0 saturated carbocycles. The second kappa shape index (κ2) is 63.6. The van der Waals surface area contributed by atoms with E-state index in [1.807, 2.05) is 0 Å². The van der Waals surface area contributed by atoms with Gasteiger partial charge in [-0.2, -0.15) is 0 Å². The lowest BCUT2D eigenvalue weighted by atomic mass is 10.1. The van der Waals surface area contributed by atoms with E-state index >= 15 is 14.4 Å². The fourth-order valence-electron chi connectivity index (χ4n) is 12.8. The van der Waals surface area contributed by atoms with Gasteiger partial charge in [0, 0.05) is 112 Å². The van der Waals surface area contributed by atoms with Crippen LogP contribution in [0.15, 0.2) is 72.8 Å². The van der Waals surface area contributed by atoms with Crippen LogP contribution in [-0.2, 0) is 102 Å². The van der Waals surface area contributed by atoms with Gasteiger partial charge in [-0.1, -0.05) is 117 Å². The number of carboxylic acids is 4. The maximum absolute atomic E-state index is 15.2. The molecule has 726 valence electrons. The van der Waals surface area contributed by atoms with Crippen LogP contribution >= 0.6 is 92.8 Å². The number of unbranched alkanes of at least 4 members (excludes halogenated alkanes) is 4. The standard InChI is InChI=1S/C64H87Cl8N13O8.C21H33N5O12/c65-49-13-9-45(53(69)33-49)17-25-78-37-58(87)83(30-18-46-10-14-50(66)34-54(46)70)42-63(92)85(32-20-48-12-16-52(68)36-56(48)72)44-64(93)84(31-19-47-11-15-51(67)35-55(47)71)43-62(91)82(29-8-4-24-76)41-61(90)81(28-7-3-23-75)40-60(89)80(27-6-2-22-74)39-59(88)79(38-57(77)86)26-5-1-21-73;1-23(6-2-18(31)32)11-15(28)25(8-4-20(35)36)13-17(30)26(9-5-21(37)38)12-16(29)24(10-14(22)27)7-3-19(33)34/h9-16,33-36,78H,1-8,17-32,37-44,73-76H2,(H2,77,86);2-13H2,1H3,(H2,22,27)(H,31,32)(H,33,34)(H,35,36)(H,37,38). The van der Waals surface area contributed by atoms with Crippen molar-refractivity contribution in [3.05, 3.63) is 135 Å². The van der Waals surface area contributed by atoms with E-state index in [0.717, 1.165) is 20.3 Å². The third-order valence-electron chi connectivity index (χ3n) is 20.1. The van der Waals surface area contributed by atoms with E-state index in [1.54, 1.807) is 72.8 Å². The molecule has 4 rings (SSSR count).